The molecule has 3 nitrogen and oxygen atoms in total. The molecule has 106 valence electrons. The second-order valence-electron chi connectivity index (χ2n) is 4.59. The van der Waals surface area contributed by atoms with Gasteiger partial charge in [0.2, 0.25) is 0 Å². The van der Waals surface area contributed by atoms with Gasteiger partial charge in [-0.1, -0.05) is 18.6 Å². The monoisotopic (exact) mass is 272 g/mol. The highest BCUT2D eigenvalue weighted by molar-refractivity contribution is 6.62. The number of rotatable bonds is 7. The van der Waals surface area contributed by atoms with Crippen LogP contribution in [0.5, 0.6) is 0 Å². The van der Waals surface area contributed by atoms with E-state index < -0.39 is 8.80 Å². The Labute approximate surface area is 113 Å². The number of allylic oxidation sites excluding steroid dienone is 2. The van der Waals surface area contributed by atoms with Gasteiger partial charge in [-0.25, -0.2) is 0 Å². The maximum atomic E-state index is 6.01. The summed E-state index contributed by atoms with van der Waals surface area (Å²) in [6.07, 6.45) is 10.5. The van der Waals surface area contributed by atoms with Crippen molar-refractivity contribution < 1.29 is 13.3 Å². The Morgan fingerprint density at radius 2 is 1.56 bits per heavy atom. The summed E-state index contributed by atoms with van der Waals surface area (Å²) in [6.45, 7) is 8.10. The van der Waals surface area contributed by atoms with Crippen LogP contribution in [0.2, 0.25) is 5.54 Å². The highest BCUT2D eigenvalue weighted by Gasteiger charge is 2.48. The lowest BCUT2D eigenvalue weighted by molar-refractivity contribution is 0.0595. The van der Waals surface area contributed by atoms with Crippen LogP contribution in [0.3, 0.4) is 0 Å². The molecule has 0 aromatic carbocycles. The van der Waals surface area contributed by atoms with E-state index in [4.69, 9.17) is 13.3 Å². The maximum absolute atomic E-state index is 6.01. The average Bonchev–Trinajstić information content (AvgIpc) is 2.29. The Balaban J connectivity index is 2.81. The first-order chi connectivity index (χ1) is 8.79. The van der Waals surface area contributed by atoms with Gasteiger partial charge in [0.25, 0.3) is 0 Å². The van der Waals surface area contributed by atoms with Gasteiger partial charge in [-0.3, -0.25) is 0 Å². The van der Waals surface area contributed by atoms with E-state index in [0.29, 0.717) is 25.4 Å². The van der Waals surface area contributed by atoms with Crippen molar-refractivity contribution in [2.24, 2.45) is 0 Å². The van der Waals surface area contributed by atoms with Crippen LogP contribution in [-0.4, -0.2) is 28.6 Å². The van der Waals surface area contributed by atoms with Crippen LogP contribution >= 0.6 is 0 Å². The molecular formula is C14H28O3Si. The topological polar surface area (TPSA) is 27.7 Å². The van der Waals surface area contributed by atoms with Crippen molar-refractivity contribution >= 4 is 8.80 Å². The summed E-state index contributed by atoms with van der Waals surface area (Å²) in [5.74, 6) is 0. The molecule has 0 saturated carbocycles. The van der Waals surface area contributed by atoms with E-state index >= 15 is 0 Å². The van der Waals surface area contributed by atoms with Gasteiger partial charge in [0.05, 0.1) is 0 Å². The average molecular weight is 272 g/mol. The molecular weight excluding hydrogens is 244 g/mol. The van der Waals surface area contributed by atoms with E-state index in [2.05, 4.69) is 12.2 Å². The van der Waals surface area contributed by atoms with Crippen LogP contribution in [0.4, 0.5) is 0 Å². The highest BCUT2D eigenvalue weighted by atomic mass is 28.4. The van der Waals surface area contributed by atoms with Crippen molar-refractivity contribution in [3.63, 3.8) is 0 Å². The lowest BCUT2D eigenvalue weighted by Crippen LogP contribution is -2.50. The second-order valence-corrected chi connectivity index (χ2v) is 7.48. The number of hydrogen-bond acceptors (Lipinski definition) is 3. The van der Waals surface area contributed by atoms with Crippen molar-refractivity contribution in [1.29, 1.82) is 0 Å². The fourth-order valence-corrected chi connectivity index (χ4v) is 5.70. The van der Waals surface area contributed by atoms with E-state index in [0.717, 1.165) is 12.8 Å². The lowest BCUT2D eigenvalue weighted by Gasteiger charge is -2.35. The van der Waals surface area contributed by atoms with Gasteiger partial charge >= 0.3 is 8.80 Å². The molecule has 0 spiro atoms. The molecule has 1 aliphatic rings. The minimum absolute atomic E-state index is 0.425. The quantitative estimate of drug-likeness (QED) is 0.519. The second kappa shape index (κ2) is 8.86. The lowest BCUT2D eigenvalue weighted by atomic mass is 10.1. The zero-order valence-corrected chi connectivity index (χ0v) is 13.1. The maximum Gasteiger partial charge on any atom is 0.504 e. The van der Waals surface area contributed by atoms with Crippen molar-refractivity contribution in [2.75, 3.05) is 19.8 Å². The Morgan fingerprint density at radius 3 is 2.11 bits per heavy atom. The molecule has 1 rings (SSSR count). The SMILES string of the molecule is CCO[Si](OCC)(OCC)C1C/C=C\CCCC1. The zero-order chi connectivity index (χ0) is 13.3. The molecule has 0 heterocycles. The van der Waals surface area contributed by atoms with Gasteiger partial charge in [0, 0.05) is 25.4 Å². The smallest absolute Gasteiger partial charge is 0.374 e. The molecule has 4 heteroatoms. The normalized spacial score (nSPS) is 23.4. The summed E-state index contributed by atoms with van der Waals surface area (Å²) in [4.78, 5) is 0. The zero-order valence-electron chi connectivity index (χ0n) is 12.1. The van der Waals surface area contributed by atoms with E-state index in [1.54, 1.807) is 0 Å². The van der Waals surface area contributed by atoms with Crippen molar-refractivity contribution in [3.8, 4) is 0 Å². The molecule has 0 saturated heterocycles. The largest absolute Gasteiger partial charge is 0.504 e. The third-order valence-corrected chi connectivity index (χ3v) is 6.89. The molecule has 18 heavy (non-hydrogen) atoms. The molecule has 0 aromatic rings. The van der Waals surface area contributed by atoms with Gasteiger partial charge in [-0.2, -0.15) is 0 Å². The summed E-state index contributed by atoms with van der Waals surface area (Å²) in [5.41, 5.74) is 0.425. The summed E-state index contributed by atoms with van der Waals surface area (Å²) >= 11 is 0. The molecule has 1 atom stereocenters. The first-order valence-corrected chi connectivity index (χ1v) is 9.16. The van der Waals surface area contributed by atoms with Crippen LogP contribution in [0, 0.1) is 0 Å². The Bertz CT molecular complexity index is 226. The predicted octanol–water partition coefficient (Wildman–Crippen LogP) is 3.93. The van der Waals surface area contributed by atoms with Crippen molar-refractivity contribution in [2.45, 2.75) is 58.4 Å². The van der Waals surface area contributed by atoms with Crippen LogP contribution in [0.15, 0.2) is 12.2 Å². The van der Waals surface area contributed by atoms with E-state index in [1.165, 1.54) is 19.3 Å². The summed E-state index contributed by atoms with van der Waals surface area (Å²) in [7, 11) is -2.50. The van der Waals surface area contributed by atoms with Crippen LogP contribution in [0.25, 0.3) is 0 Å². The van der Waals surface area contributed by atoms with Gasteiger partial charge in [-0.15, -0.1) is 0 Å². The third-order valence-electron chi connectivity index (χ3n) is 3.30. The van der Waals surface area contributed by atoms with Crippen LogP contribution in [-0.2, 0) is 13.3 Å². The van der Waals surface area contributed by atoms with E-state index in [-0.39, 0.29) is 0 Å². The first-order valence-electron chi connectivity index (χ1n) is 7.35. The molecule has 0 N–H and O–H groups in total. The summed E-state index contributed by atoms with van der Waals surface area (Å²) in [5, 5.41) is 0. The fourth-order valence-electron chi connectivity index (χ4n) is 2.55. The molecule has 0 bridgehead atoms. The molecule has 0 amide bonds. The molecule has 0 aliphatic heterocycles. The highest BCUT2D eigenvalue weighted by Crippen LogP contribution is 2.35. The number of hydrogen-bond donors (Lipinski definition) is 0. The minimum atomic E-state index is -2.50. The molecule has 1 aliphatic carbocycles. The van der Waals surface area contributed by atoms with Crippen LogP contribution in [0.1, 0.15) is 52.9 Å². The first kappa shape index (κ1) is 15.9. The molecule has 0 aromatic heterocycles. The van der Waals surface area contributed by atoms with Gasteiger partial charge in [0.15, 0.2) is 0 Å². The van der Waals surface area contributed by atoms with E-state index in [9.17, 15) is 0 Å². The minimum Gasteiger partial charge on any atom is -0.374 e. The van der Waals surface area contributed by atoms with Crippen molar-refractivity contribution in [1.82, 2.24) is 0 Å². The standard InChI is InChI=1S/C14H28O3Si/c1-4-15-18(16-5-2,17-6-3)14-12-10-8-7-9-11-13-14/h8,10,14H,4-7,9,11-13H2,1-3H3/b10-8-. The molecule has 0 fully saturated rings. The van der Waals surface area contributed by atoms with Crippen molar-refractivity contribution in [3.05, 3.63) is 12.2 Å². The Kier molecular flexibility index (Phi) is 7.82. The third kappa shape index (κ3) is 4.50. The Morgan fingerprint density at radius 1 is 0.944 bits per heavy atom. The van der Waals surface area contributed by atoms with Gasteiger partial charge < -0.3 is 13.3 Å². The van der Waals surface area contributed by atoms with Gasteiger partial charge in [0.1, 0.15) is 0 Å². The predicted molar refractivity (Wildman–Crippen MR) is 76.6 cm³/mol. The summed E-state index contributed by atoms with van der Waals surface area (Å²) < 4.78 is 18.0. The molecule has 1 unspecified atom stereocenters. The van der Waals surface area contributed by atoms with E-state index in [1.807, 2.05) is 20.8 Å². The summed E-state index contributed by atoms with van der Waals surface area (Å²) in [6, 6.07) is 0. The molecule has 0 radical (unpaired) electrons. The Hall–Kier alpha value is -0.163. The van der Waals surface area contributed by atoms with Gasteiger partial charge in [-0.05, 0) is 46.5 Å². The fraction of sp³-hybridized carbons (Fsp3) is 0.857. The van der Waals surface area contributed by atoms with Crippen LogP contribution < -0.4 is 0 Å².